The number of hydrogen-bond acceptors (Lipinski definition) is 5. The van der Waals surface area contributed by atoms with E-state index in [1.165, 1.54) is 12.3 Å². The Balaban J connectivity index is 1.67. The van der Waals surface area contributed by atoms with Crippen LogP contribution in [0.3, 0.4) is 0 Å². The second kappa shape index (κ2) is 8.76. The van der Waals surface area contributed by atoms with Gasteiger partial charge in [0.05, 0.1) is 37.7 Å². The third-order valence-electron chi connectivity index (χ3n) is 5.65. The predicted molar refractivity (Wildman–Crippen MR) is 109 cm³/mol. The number of benzene rings is 1. The number of aromatic nitrogens is 1. The van der Waals surface area contributed by atoms with Crippen molar-refractivity contribution in [2.75, 3.05) is 43.9 Å². The van der Waals surface area contributed by atoms with Gasteiger partial charge in [0.25, 0.3) is 6.09 Å². The van der Waals surface area contributed by atoms with E-state index in [1.54, 1.807) is 31.3 Å². The summed E-state index contributed by atoms with van der Waals surface area (Å²) in [5.41, 5.74) is 1.84. The van der Waals surface area contributed by atoms with Crippen LogP contribution in [0.25, 0.3) is 0 Å². The monoisotopic (exact) mass is 415 g/mol. The molecule has 1 atom stereocenters. The van der Waals surface area contributed by atoms with E-state index in [1.807, 2.05) is 18.7 Å². The molecule has 30 heavy (non-hydrogen) atoms. The normalized spacial score (nSPS) is 17.2. The van der Waals surface area contributed by atoms with E-state index in [4.69, 9.17) is 0 Å². The Hall–Kier alpha value is -3.04. The Bertz CT molecular complexity index is 927. The molecule has 1 saturated heterocycles. The van der Waals surface area contributed by atoms with Crippen LogP contribution in [0, 0.1) is 12.7 Å². The zero-order chi connectivity index (χ0) is 21.9. The van der Waals surface area contributed by atoms with Crippen LogP contribution in [0.1, 0.15) is 24.2 Å². The van der Waals surface area contributed by atoms with Crippen LogP contribution in [0.5, 0.6) is 0 Å². The smallest absolute Gasteiger partial charge is 0.323 e. The van der Waals surface area contributed by atoms with E-state index in [0.717, 1.165) is 5.69 Å². The summed E-state index contributed by atoms with van der Waals surface area (Å²) in [5, 5.41) is 16.5. The number of carbonyl (C=O) groups excluding carboxylic acids is 2. The van der Waals surface area contributed by atoms with Gasteiger partial charge in [-0.05, 0) is 32.0 Å². The highest BCUT2D eigenvalue weighted by Gasteiger charge is 2.33. The first-order chi connectivity index (χ1) is 14.2. The molecule has 1 fully saturated rings. The molecule has 0 radical (unpaired) electrons. The van der Waals surface area contributed by atoms with Crippen molar-refractivity contribution in [2.45, 2.75) is 19.9 Å². The number of rotatable bonds is 4. The summed E-state index contributed by atoms with van der Waals surface area (Å²) < 4.78 is 15.0. The number of piperazine rings is 1. The lowest BCUT2D eigenvalue weighted by Gasteiger charge is -2.43. The van der Waals surface area contributed by atoms with Crippen LogP contribution >= 0.6 is 0 Å². The van der Waals surface area contributed by atoms with Crippen LogP contribution in [-0.2, 0) is 0 Å². The third kappa shape index (κ3) is 4.74. The number of amides is 3. The van der Waals surface area contributed by atoms with Gasteiger partial charge in [-0.1, -0.05) is 12.1 Å². The second-order valence-electron chi connectivity index (χ2n) is 7.80. The number of aryl methyl sites for hydroxylation is 1. The SMILES string of the molecule is Cc1ccc(NC(=O)Nc2cccc([C@H](C)N3CC[N+](C)(C(=O)[O-])CC3)c2F)cn1. The number of nitrogens with zero attached hydrogens (tertiary/aromatic N) is 3. The predicted octanol–water partition coefficient (Wildman–Crippen LogP) is 2.34. The molecule has 1 aliphatic rings. The van der Waals surface area contributed by atoms with Crippen molar-refractivity contribution in [1.29, 1.82) is 0 Å². The Morgan fingerprint density at radius 3 is 2.50 bits per heavy atom. The summed E-state index contributed by atoms with van der Waals surface area (Å²) in [6.45, 7) is 5.49. The highest BCUT2D eigenvalue weighted by atomic mass is 19.1. The lowest BCUT2D eigenvalue weighted by Crippen LogP contribution is -2.64. The quantitative estimate of drug-likeness (QED) is 0.747. The average Bonchev–Trinajstić information content (AvgIpc) is 2.71. The van der Waals surface area contributed by atoms with Crippen LogP contribution in [-0.4, -0.2) is 59.7 Å². The van der Waals surface area contributed by atoms with Crippen molar-refractivity contribution < 1.29 is 23.6 Å². The molecule has 0 bridgehead atoms. The Kier molecular flexibility index (Phi) is 6.33. The maximum Gasteiger partial charge on any atom is 0.323 e. The number of carboxylic acid groups (broad SMARTS) is 1. The number of halogens is 1. The Labute approximate surface area is 174 Å². The number of quaternary nitrogens is 1. The zero-order valence-corrected chi connectivity index (χ0v) is 17.3. The molecule has 160 valence electrons. The first kappa shape index (κ1) is 21.7. The number of hydrogen-bond donors (Lipinski definition) is 2. The fourth-order valence-corrected chi connectivity index (χ4v) is 3.48. The molecule has 3 rings (SSSR count). The fraction of sp³-hybridized carbons (Fsp3) is 0.381. The molecular weight excluding hydrogens is 389 g/mol. The molecule has 9 heteroatoms. The van der Waals surface area contributed by atoms with E-state index >= 15 is 4.39 Å². The minimum absolute atomic E-state index is 0.0734. The summed E-state index contributed by atoms with van der Waals surface area (Å²) in [4.78, 5) is 29.7. The molecule has 0 saturated carbocycles. The van der Waals surface area contributed by atoms with Gasteiger partial charge in [0.1, 0.15) is 0 Å². The Morgan fingerprint density at radius 1 is 1.20 bits per heavy atom. The van der Waals surface area contributed by atoms with Crippen LogP contribution < -0.4 is 15.7 Å². The molecule has 1 aliphatic heterocycles. The molecule has 3 amide bonds. The number of likely N-dealkylation sites (N-methyl/N-ethyl adjacent to an activating group) is 1. The van der Waals surface area contributed by atoms with Gasteiger partial charge < -0.3 is 20.5 Å². The number of pyridine rings is 1. The van der Waals surface area contributed by atoms with E-state index in [-0.39, 0.29) is 16.2 Å². The molecule has 1 aromatic heterocycles. The Morgan fingerprint density at radius 2 is 1.90 bits per heavy atom. The minimum atomic E-state index is -1.10. The standard InChI is InChI=1S/C21H26FN5O3/c1-14-7-8-16(13-23-14)24-20(28)25-18-6-4-5-17(19(18)22)15(2)26-9-11-27(3,12-10-26)21(29)30/h4-8,13,15H,9-12H2,1-3H3,(H2-,24,25,28,29,30)/t15-/m0/s1. The summed E-state index contributed by atoms with van der Waals surface area (Å²) in [5.74, 6) is -0.509. The minimum Gasteiger partial charge on any atom is -0.498 e. The maximum atomic E-state index is 15.1. The average molecular weight is 415 g/mol. The second-order valence-corrected chi connectivity index (χ2v) is 7.80. The topological polar surface area (TPSA) is 97.4 Å². The highest BCUT2D eigenvalue weighted by Crippen LogP contribution is 2.29. The molecule has 0 aliphatic carbocycles. The lowest BCUT2D eigenvalue weighted by molar-refractivity contribution is -0.862. The van der Waals surface area contributed by atoms with Crippen LogP contribution in [0.15, 0.2) is 36.5 Å². The van der Waals surface area contributed by atoms with Gasteiger partial charge in [-0.15, -0.1) is 0 Å². The largest absolute Gasteiger partial charge is 0.498 e. The van der Waals surface area contributed by atoms with Gasteiger partial charge in [-0.3, -0.25) is 14.4 Å². The molecule has 8 nitrogen and oxygen atoms in total. The fourth-order valence-electron chi connectivity index (χ4n) is 3.48. The first-order valence-corrected chi connectivity index (χ1v) is 9.79. The lowest BCUT2D eigenvalue weighted by atomic mass is 10.0. The summed E-state index contributed by atoms with van der Waals surface area (Å²) in [6.07, 6.45) is 0.424. The summed E-state index contributed by atoms with van der Waals surface area (Å²) in [7, 11) is 1.63. The highest BCUT2D eigenvalue weighted by molar-refractivity contribution is 5.99. The van der Waals surface area contributed by atoms with Crippen molar-refractivity contribution in [3.8, 4) is 0 Å². The molecule has 0 spiro atoms. The van der Waals surface area contributed by atoms with Crippen LogP contribution in [0.2, 0.25) is 0 Å². The van der Waals surface area contributed by atoms with E-state index in [2.05, 4.69) is 15.6 Å². The number of carbonyl (C=O) groups is 2. The van der Waals surface area contributed by atoms with Gasteiger partial charge in [-0.25, -0.2) is 9.18 Å². The van der Waals surface area contributed by atoms with Crippen molar-refractivity contribution >= 4 is 23.5 Å². The number of anilines is 2. The molecular formula is C21H26FN5O3. The van der Waals surface area contributed by atoms with E-state index in [9.17, 15) is 14.7 Å². The number of nitrogens with one attached hydrogen (secondary N) is 2. The van der Waals surface area contributed by atoms with Gasteiger partial charge in [0.15, 0.2) is 5.82 Å². The van der Waals surface area contributed by atoms with Gasteiger partial charge >= 0.3 is 6.03 Å². The number of urea groups is 1. The maximum absolute atomic E-state index is 15.1. The molecule has 0 unspecified atom stereocenters. The van der Waals surface area contributed by atoms with Crippen molar-refractivity contribution in [2.24, 2.45) is 0 Å². The zero-order valence-electron chi connectivity index (χ0n) is 17.3. The molecule has 2 N–H and O–H groups in total. The van der Waals surface area contributed by atoms with Gasteiger partial charge in [-0.2, -0.15) is 0 Å². The first-order valence-electron chi connectivity index (χ1n) is 9.79. The van der Waals surface area contributed by atoms with Crippen LogP contribution in [0.4, 0.5) is 25.4 Å². The summed E-state index contributed by atoms with van der Waals surface area (Å²) in [6, 6.07) is 7.50. The summed E-state index contributed by atoms with van der Waals surface area (Å²) >= 11 is 0. The van der Waals surface area contributed by atoms with Gasteiger partial charge in [0.2, 0.25) is 0 Å². The molecule has 2 heterocycles. The van der Waals surface area contributed by atoms with Crippen molar-refractivity contribution in [1.82, 2.24) is 9.88 Å². The molecule has 2 aromatic rings. The van der Waals surface area contributed by atoms with E-state index in [0.29, 0.717) is 37.4 Å². The van der Waals surface area contributed by atoms with Gasteiger partial charge in [0, 0.05) is 30.4 Å². The van der Waals surface area contributed by atoms with E-state index < -0.39 is 17.9 Å². The van der Waals surface area contributed by atoms with Crippen molar-refractivity contribution in [3.63, 3.8) is 0 Å². The van der Waals surface area contributed by atoms with Crippen molar-refractivity contribution in [3.05, 3.63) is 53.6 Å². The molecule has 1 aromatic carbocycles. The third-order valence-corrected chi connectivity index (χ3v) is 5.65.